The molecule has 0 heterocycles. The van der Waals surface area contributed by atoms with Crippen molar-refractivity contribution >= 4 is 0 Å². The smallest absolute Gasteiger partial charge is 0.0386 e. The predicted octanol–water partition coefficient (Wildman–Crippen LogP) is 3.32. The molecule has 0 spiro atoms. The second-order valence-electron chi connectivity index (χ2n) is 4.80. The summed E-state index contributed by atoms with van der Waals surface area (Å²) in [5.41, 5.74) is 0. The van der Waals surface area contributed by atoms with E-state index in [1.165, 1.54) is 38.5 Å². The lowest BCUT2D eigenvalue weighted by Gasteiger charge is -2.32. The van der Waals surface area contributed by atoms with E-state index in [-0.39, 0.29) is 5.48 Å². The predicted molar refractivity (Wildman–Crippen MR) is 56.8 cm³/mol. The van der Waals surface area contributed by atoms with Crippen LogP contribution in [-0.2, 0) is 0 Å². The minimum absolute atomic E-state index is 0. The maximum Gasteiger partial charge on any atom is -0.0386 e. The molecule has 0 bridgehead atoms. The molecule has 0 aromatic heterocycles. The summed E-state index contributed by atoms with van der Waals surface area (Å²) in [5, 5.41) is 0. The zero-order valence-corrected chi connectivity index (χ0v) is 8.73. The molecule has 0 aliphatic heterocycles. The lowest BCUT2D eigenvalue weighted by atomic mass is 9.73. The quantitative estimate of drug-likeness (QED) is 0.598. The molecule has 13 heavy (non-hydrogen) atoms. The Hall–Kier alpha value is -0.0400. The SMILES string of the molecule is C1CCC(C2CCCCC2)CC1.O. The van der Waals surface area contributed by atoms with Crippen LogP contribution in [0.5, 0.6) is 0 Å². The summed E-state index contributed by atoms with van der Waals surface area (Å²) in [7, 11) is 0. The number of hydrogen-bond donors (Lipinski definition) is 0. The Morgan fingerprint density at radius 1 is 0.462 bits per heavy atom. The van der Waals surface area contributed by atoms with Crippen molar-refractivity contribution in [3.05, 3.63) is 0 Å². The highest BCUT2D eigenvalue weighted by molar-refractivity contribution is 4.76. The van der Waals surface area contributed by atoms with Gasteiger partial charge in [0.1, 0.15) is 0 Å². The molecule has 2 rings (SSSR count). The van der Waals surface area contributed by atoms with Crippen LogP contribution in [0.1, 0.15) is 64.2 Å². The maximum absolute atomic E-state index is 1.56. The highest BCUT2D eigenvalue weighted by Gasteiger charge is 2.24. The fourth-order valence-electron chi connectivity index (χ4n) is 3.21. The molecule has 0 aromatic rings. The van der Waals surface area contributed by atoms with Crippen LogP contribution < -0.4 is 0 Å². The largest absolute Gasteiger partial charge is 0.412 e. The molecule has 1 heteroatoms. The summed E-state index contributed by atoms with van der Waals surface area (Å²) >= 11 is 0. The number of rotatable bonds is 1. The molecule has 2 aliphatic rings. The molecule has 2 N–H and O–H groups in total. The normalized spacial score (nSPS) is 26.8. The summed E-state index contributed by atoms with van der Waals surface area (Å²) in [6.45, 7) is 0. The van der Waals surface area contributed by atoms with Crippen LogP contribution >= 0.6 is 0 Å². The zero-order valence-electron chi connectivity index (χ0n) is 8.73. The standard InChI is InChI=1S/C12H22.H2O/c1-3-7-11(8-4-1)12-9-5-2-6-10-12;/h11-12H,1-10H2;1H2. The molecule has 78 valence electrons. The van der Waals surface area contributed by atoms with Crippen LogP contribution in [0.3, 0.4) is 0 Å². The Morgan fingerprint density at radius 2 is 0.769 bits per heavy atom. The van der Waals surface area contributed by atoms with Crippen LogP contribution in [0, 0.1) is 11.8 Å². The fourth-order valence-corrected chi connectivity index (χ4v) is 3.21. The van der Waals surface area contributed by atoms with Crippen LogP contribution in [-0.4, -0.2) is 5.48 Å². The Bertz CT molecular complexity index is 105. The van der Waals surface area contributed by atoms with Crippen molar-refractivity contribution in [1.82, 2.24) is 0 Å². The summed E-state index contributed by atoms with van der Waals surface area (Å²) in [6, 6.07) is 0. The van der Waals surface area contributed by atoms with Gasteiger partial charge in [-0.15, -0.1) is 0 Å². The van der Waals surface area contributed by atoms with Gasteiger partial charge in [-0.25, -0.2) is 0 Å². The topological polar surface area (TPSA) is 31.5 Å². The van der Waals surface area contributed by atoms with E-state index in [0.29, 0.717) is 0 Å². The first-order valence-corrected chi connectivity index (χ1v) is 5.97. The van der Waals surface area contributed by atoms with Gasteiger partial charge in [-0.1, -0.05) is 64.2 Å². The van der Waals surface area contributed by atoms with E-state index >= 15 is 0 Å². The molecule has 0 saturated heterocycles. The van der Waals surface area contributed by atoms with Crippen molar-refractivity contribution in [3.63, 3.8) is 0 Å². The second-order valence-corrected chi connectivity index (χ2v) is 4.80. The summed E-state index contributed by atoms with van der Waals surface area (Å²) in [6.07, 6.45) is 15.4. The van der Waals surface area contributed by atoms with E-state index in [1.54, 1.807) is 25.7 Å². The highest BCUT2D eigenvalue weighted by atomic mass is 16.0. The Balaban J connectivity index is 0.000000845. The van der Waals surface area contributed by atoms with E-state index in [0.717, 1.165) is 11.8 Å². The monoisotopic (exact) mass is 184 g/mol. The molecule has 0 unspecified atom stereocenters. The molecular formula is C12H24O. The van der Waals surface area contributed by atoms with Crippen LogP contribution in [0.15, 0.2) is 0 Å². The van der Waals surface area contributed by atoms with Gasteiger partial charge in [0.25, 0.3) is 0 Å². The van der Waals surface area contributed by atoms with Crippen molar-refractivity contribution in [2.45, 2.75) is 64.2 Å². The molecule has 0 atom stereocenters. The van der Waals surface area contributed by atoms with Gasteiger partial charge in [0.05, 0.1) is 0 Å². The molecule has 1 nitrogen and oxygen atoms in total. The van der Waals surface area contributed by atoms with Crippen molar-refractivity contribution in [2.75, 3.05) is 0 Å². The molecular weight excluding hydrogens is 160 g/mol. The van der Waals surface area contributed by atoms with Gasteiger partial charge in [0.2, 0.25) is 0 Å². The molecule has 0 radical (unpaired) electrons. The minimum atomic E-state index is 0. The highest BCUT2D eigenvalue weighted by Crippen LogP contribution is 2.37. The third kappa shape index (κ3) is 2.98. The fraction of sp³-hybridized carbons (Fsp3) is 1.00. The summed E-state index contributed by atoms with van der Waals surface area (Å²) < 4.78 is 0. The van der Waals surface area contributed by atoms with E-state index < -0.39 is 0 Å². The average Bonchev–Trinajstić information content (AvgIpc) is 2.21. The van der Waals surface area contributed by atoms with Gasteiger partial charge in [0.15, 0.2) is 0 Å². The van der Waals surface area contributed by atoms with E-state index in [2.05, 4.69) is 0 Å². The molecule has 0 aromatic carbocycles. The van der Waals surface area contributed by atoms with Crippen LogP contribution in [0.2, 0.25) is 0 Å². The van der Waals surface area contributed by atoms with E-state index in [9.17, 15) is 0 Å². The van der Waals surface area contributed by atoms with Crippen molar-refractivity contribution in [2.24, 2.45) is 11.8 Å². The maximum atomic E-state index is 1.56. The first kappa shape index (κ1) is 11.0. The number of hydrogen-bond acceptors (Lipinski definition) is 0. The van der Waals surface area contributed by atoms with E-state index in [4.69, 9.17) is 0 Å². The van der Waals surface area contributed by atoms with Gasteiger partial charge in [-0.3, -0.25) is 0 Å². The van der Waals surface area contributed by atoms with Crippen molar-refractivity contribution in [1.29, 1.82) is 0 Å². The van der Waals surface area contributed by atoms with Gasteiger partial charge in [-0.2, -0.15) is 0 Å². The molecule has 0 amide bonds. The van der Waals surface area contributed by atoms with Crippen molar-refractivity contribution in [3.8, 4) is 0 Å². The molecule has 2 aliphatic carbocycles. The summed E-state index contributed by atoms with van der Waals surface area (Å²) in [5.74, 6) is 2.28. The van der Waals surface area contributed by atoms with Gasteiger partial charge in [0, 0.05) is 0 Å². The average molecular weight is 184 g/mol. The third-order valence-electron chi connectivity index (χ3n) is 3.97. The Morgan fingerprint density at radius 3 is 1.08 bits per heavy atom. The first-order valence-electron chi connectivity index (χ1n) is 5.97. The Kier molecular flexibility index (Phi) is 4.79. The van der Waals surface area contributed by atoms with Gasteiger partial charge < -0.3 is 5.48 Å². The molecule has 2 fully saturated rings. The summed E-state index contributed by atoms with van der Waals surface area (Å²) in [4.78, 5) is 0. The minimum Gasteiger partial charge on any atom is -0.412 e. The van der Waals surface area contributed by atoms with Gasteiger partial charge >= 0.3 is 0 Å². The molecule has 2 saturated carbocycles. The lowest BCUT2D eigenvalue weighted by molar-refractivity contribution is 0.196. The third-order valence-corrected chi connectivity index (χ3v) is 3.97. The second kappa shape index (κ2) is 5.64. The zero-order chi connectivity index (χ0) is 8.23. The van der Waals surface area contributed by atoms with Crippen LogP contribution in [0.4, 0.5) is 0 Å². The van der Waals surface area contributed by atoms with Crippen LogP contribution in [0.25, 0.3) is 0 Å². The van der Waals surface area contributed by atoms with Crippen molar-refractivity contribution < 1.29 is 5.48 Å². The van der Waals surface area contributed by atoms with Gasteiger partial charge in [-0.05, 0) is 11.8 Å². The van der Waals surface area contributed by atoms with E-state index in [1.807, 2.05) is 0 Å². The first-order chi connectivity index (χ1) is 5.97. The lowest BCUT2D eigenvalue weighted by Crippen LogP contribution is -2.20. The Labute approximate surface area is 82.2 Å².